The number of sulfonamides is 1. The zero-order chi connectivity index (χ0) is 10.3. The van der Waals surface area contributed by atoms with E-state index in [0.29, 0.717) is 11.5 Å². The van der Waals surface area contributed by atoms with Gasteiger partial charge in [-0.25, -0.2) is 13.1 Å². The van der Waals surface area contributed by atoms with Gasteiger partial charge in [0, 0.05) is 28.9 Å². The lowest BCUT2D eigenvalue weighted by atomic mass is 10.8. The van der Waals surface area contributed by atoms with Crippen LogP contribution >= 0.6 is 0 Å². The molecule has 0 aromatic heterocycles. The SMILES string of the molecule is CCS(=O)CCNS(=O)(=O)CCO. The Bertz CT molecular complexity index is 249. The summed E-state index contributed by atoms with van der Waals surface area (Å²) >= 11 is 0. The summed E-state index contributed by atoms with van der Waals surface area (Å²) in [7, 11) is -4.33. The summed E-state index contributed by atoms with van der Waals surface area (Å²) in [6.07, 6.45) is 0. The van der Waals surface area contributed by atoms with Gasteiger partial charge in [0.25, 0.3) is 0 Å². The normalized spacial score (nSPS) is 14.3. The van der Waals surface area contributed by atoms with E-state index in [0.717, 1.165) is 0 Å². The average Bonchev–Trinajstić information content (AvgIpc) is 2.03. The number of nitrogens with one attached hydrogen (secondary N) is 1. The molecule has 1 atom stereocenters. The Balaban J connectivity index is 3.70. The van der Waals surface area contributed by atoms with Crippen molar-refractivity contribution in [2.24, 2.45) is 0 Å². The Kier molecular flexibility index (Phi) is 6.48. The molecule has 0 aromatic rings. The zero-order valence-corrected chi connectivity index (χ0v) is 9.16. The Hall–Kier alpha value is 0.0200. The summed E-state index contributed by atoms with van der Waals surface area (Å²) in [5.74, 6) is 0.550. The predicted octanol–water partition coefficient (Wildman–Crippen LogP) is -1.33. The van der Waals surface area contributed by atoms with E-state index >= 15 is 0 Å². The fraction of sp³-hybridized carbons (Fsp3) is 1.00. The predicted molar refractivity (Wildman–Crippen MR) is 52.4 cm³/mol. The van der Waals surface area contributed by atoms with Crippen molar-refractivity contribution in [1.29, 1.82) is 0 Å². The van der Waals surface area contributed by atoms with Gasteiger partial charge in [-0.15, -0.1) is 0 Å². The van der Waals surface area contributed by atoms with Crippen LogP contribution < -0.4 is 4.72 Å². The molecule has 0 bridgehead atoms. The minimum Gasteiger partial charge on any atom is -0.395 e. The van der Waals surface area contributed by atoms with Crippen LogP contribution in [0.4, 0.5) is 0 Å². The summed E-state index contributed by atoms with van der Waals surface area (Å²) < 4.78 is 35.0. The van der Waals surface area contributed by atoms with Crippen LogP contribution in [0.1, 0.15) is 6.92 Å². The lowest BCUT2D eigenvalue weighted by Crippen LogP contribution is -2.31. The van der Waals surface area contributed by atoms with Gasteiger partial charge in [0.15, 0.2) is 0 Å². The van der Waals surface area contributed by atoms with Gasteiger partial charge in [0.2, 0.25) is 10.0 Å². The third-order valence-electron chi connectivity index (χ3n) is 1.33. The molecule has 0 aromatic carbocycles. The van der Waals surface area contributed by atoms with Gasteiger partial charge >= 0.3 is 0 Å². The maximum atomic E-state index is 10.9. The molecule has 0 aliphatic heterocycles. The summed E-state index contributed by atoms with van der Waals surface area (Å²) in [5, 5.41) is 8.38. The molecule has 5 nitrogen and oxygen atoms in total. The number of hydrogen-bond acceptors (Lipinski definition) is 4. The third-order valence-corrected chi connectivity index (χ3v) is 4.00. The molecule has 80 valence electrons. The van der Waals surface area contributed by atoms with Gasteiger partial charge in [0.1, 0.15) is 0 Å². The fourth-order valence-corrected chi connectivity index (χ4v) is 2.19. The van der Waals surface area contributed by atoms with Crippen molar-refractivity contribution in [3.8, 4) is 0 Å². The van der Waals surface area contributed by atoms with Crippen LogP contribution in [0, 0.1) is 0 Å². The van der Waals surface area contributed by atoms with Crippen LogP contribution in [-0.4, -0.2) is 48.1 Å². The summed E-state index contributed by atoms with van der Waals surface area (Å²) in [5.41, 5.74) is 0. The van der Waals surface area contributed by atoms with Gasteiger partial charge in [-0.05, 0) is 0 Å². The molecule has 0 heterocycles. The van der Waals surface area contributed by atoms with Crippen LogP contribution in [0.2, 0.25) is 0 Å². The minimum atomic E-state index is -3.37. The van der Waals surface area contributed by atoms with Crippen molar-refractivity contribution in [3.05, 3.63) is 0 Å². The van der Waals surface area contributed by atoms with Crippen molar-refractivity contribution in [3.63, 3.8) is 0 Å². The molecule has 0 fully saturated rings. The van der Waals surface area contributed by atoms with Crippen LogP contribution in [0.3, 0.4) is 0 Å². The summed E-state index contributed by atoms with van der Waals surface area (Å²) in [6.45, 7) is 1.55. The highest BCUT2D eigenvalue weighted by Crippen LogP contribution is 1.84. The molecular formula is C6H15NO4S2. The highest BCUT2D eigenvalue weighted by atomic mass is 32.2. The Morgan fingerprint density at radius 3 is 2.54 bits per heavy atom. The largest absolute Gasteiger partial charge is 0.395 e. The van der Waals surface area contributed by atoms with Crippen molar-refractivity contribution in [2.75, 3.05) is 30.4 Å². The second-order valence-corrected chi connectivity index (χ2v) is 6.16. The monoisotopic (exact) mass is 229 g/mol. The minimum absolute atomic E-state index is 0.169. The van der Waals surface area contributed by atoms with Gasteiger partial charge in [-0.2, -0.15) is 0 Å². The second kappa shape index (κ2) is 6.47. The molecule has 0 amide bonds. The van der Waals surface area contributed by atoms with E-state index in [1.807, 2.05) is 0 Å². The average molecular weight is 229 g/mol. The maximum absolute atomic E-state index is 10.9. The molecule has 0 radical (unpaired) electrons. The Morgan fingerprint density at radius 2 is 2.08 bits per heavy atom. The standard InChI is InChI=1S/C6H15NO4S2/c1-2-12(9)5-3-7-13(10,11)6-4-8/h7-8H,2-6H2,1H3. The molecular weight excluding hydrogens is 214 g/mol. The zero-order valence-electron chi connectivity index (χ0n) is 7.52. The van der Waals surface area contributed by atoms with E-state index in [2.05, 4.69) is 4.72 Å². The summed E-state index contributed by atoms with van der Waals surface area (Å²) in [6, 6.07) is 0. The van der Waals surface area contributed by atoms with E-state index in [-0.39, 0.29) is 12.3 Å². The first-order chi connectivity index (χ1) is 6.02. The van der Waals surface area contributed by atoms with Gasteiger partial charge in [0.05, 0.1) is 12.4 Å². The molecule has 0 spiro atoms. The van der Waals surface area contributed by atoms with E-state index in [1.165, 1.54) is 0 Å². The Morgan fingerprint density at radius 1 is 1.46 bits per heavy atom. The molecule has 1 unspecified atom stereocenters. The van der Waals surface area contributed by atoms with Crippen LogP contribution in [-0.2, 0) is 20.8 Å². The first kappa shape index (κ1) is 13.0. The molecule has 0 aliphatic rings. The number of aliphatic hydroxyl groups is 1. The van der Waals surface area contributed by atoms with Crippen molar-refractivity contribution in [1.82, 2.24) is 4.72 Å². The van der Waals surface area contributed by atoms with Gasteiger partial charge < -0.3 is 5.11 Å². The van der Waals surface area contributed by atoms with Crippen molar-refractivity contribution in [2.45, 2.75) is 6.92 Å². The molecule has 7 heteroatoms. The van der Waals surface area contributed by atoms with E-state index in [1.54, 1.807) is 6.92 Å². The second-order valence-electron chi connectivity index (χ2n) is 2.37. The van der Waals surface area contributed by atoms with Crippen LogP contribution in [0.15, 0.2) is 0 Å². The molecule has 13 heavy (non-hydrogen) atoms. The first-order valence-corrected chi connectivity index (χ1v) is 7.09. The Labute approximate surface area is 81.0 Å². The molecule has 0 rings (SSSR count). The molecule has 2 N–H and O–H groups in total. The van der Waals surface area contributed by atoms with Gasteiger partial charge in [-0.3, -0.25) is 4.21 Å². The number of aliphatic hydroxyl groups excluding tert-OH is 1. The molecule has 0 aliphatic carbocycles. The maximum Gasteiger partial charge on any atom is 0.213 e. The quantitative estimate of drug-likeness (QED) is 0.566. The van der Waals surface area contributed by atoms with Crippen molar-refractivity contribution >= 4 is 20.8 Å². The number of rotatable bonds is 7. The van der Waals surface area contributed by atoms with E-state index in [4.69, 9.17) is 5.11 Å². The lowest BCUT2D eigenvalue weighted by Gasteiger charge is -2.03. The third kappa shape index (κ3) is 7.12. The van der Waals surface area contributed by atoms with Crippen LogP contribution in [0.5, 0.6) is 0 Å². The van der Waals surface area contributed by atoms with E-state index < -0.39 is 27.4 Å². The molecule has 0 saturated heterocycles. The highest BCUT2D eigenvalue weighted by Gasteiger charge is 2.08. The van der Waals surface area contributed by atoms with Crippen LogP contribution in [0.25, 0.3) is 0 Å². The highest BCUT2D eigenvalue weighted by molar-refractivity contribution is 7.89. The first-order valence-electron chi connectivity index (χ1n) is 3.95. The smallest absolute Gasteiger partial charge is 0.213 e. The number of hydrogen-bond donors (Lipinski definition) is 2. The fourth-order valence-electron chi connectivity index (χ4n) is 0.648. The van der Waals surface area contributed by atoms with Gasteiger partial charge in [-0.1, -0.05) is 6.92 Å². The topological polar surface area (TPSA) is 83.5 Å². The molecule has 0 saturated carbocycles. The van der Waals surface area contributed by atoms with Crippen molar-refractivity contribution < 1.29 is 17.7 Å². The van der Waals surface area contributed by atoms with E-state index in [9.17, 15) is 12.6 Å². The summed E-state index contributed by atoms with van der Waals surface area (Å²) in [4.78, 5) is 0. The lowest BCUT2D eigenvalue weighted by molar-refractivity contribution is 0.319.